The molecule has 0 unspecified atom stereocenters. The molecule has 36 heavy (non-hydrogen) atoms. The molecule has 7 nitrogen and oxygen atoms in total. The van der Waals surface area contributed by atoms with E-state index in [0.717, 1.165) is 22.0 Å². The maximum atomic E-state index is 13.1. The Hall–Kier alpha value is -3.29. The van der Waals surface area contributed by atoms with E-state index >= 15 is 0 Å². The van der Waals surface area contributed by atoms with E-state index in [1.165, 1.54) is 0 Å². The molecule has 192 valence electrons. The van der Waals surface area contributed by atoms with Gasteiger partial charge in [-0.05, 0) is 53.4 Å². The first-order valence-electron chi connectivity index (χ1n) is 11.6. The zero-order valence-electron chi connectivity index (χ0n) is 20.5. The molecule has 0 bridgehead atoms. The summed E-state index contributed by atoms with van der Waals surface area (Å²) in [5, 5.41) is 7.82. The van der Waals surface area contributed by atoms with Crippen LogP contribution in [0.25, 0.3) is 10.8 Å². The fourth-order valence-corrected chi connectivity index (χ4v) is 3.72. The number of halogens is 2. The Bertz CT molecular complexity index is 1190. The van der Waals surface area contributed by atoms with Crippen molar-refractivity contribution in [3.05, 3.63) is 77.9 Å². The molecule has 3 aromatic carbocycles. The fourth-order valence-electron chi connectivity index (χ4n) is 3.63. The summed E-state index contributed by atoms with van der Waals surface area (Å²) in [6.07, 6.45) is 0.998. The average Bonchev–Trinajstić information content (AvgIpc) is 2.88. The third-order valence-electron chi connectivity index (χ3n) is 5.64. The minimum Gasteiger partial charge on any atom is -0.386 e. The number of rotatable bonds is 11. The van der Waals surface area contributed by atoms with Gasteiger partial charge in [0.1, 0.15) is 11.9 Å². The number of nitrogens with two attached hydrogens (primary N) is 1. The van der Waals surface area contributed by atoms with Crippen molar-refractivity contribution in [2.24, 2.45) is 10.7 Å². The third-order valence-corrected chi connectivity index (χ3v) is 5.91. The SMILES string of the molecule is CN(C)c1ccc2cc(C(=O)N[C@@H](CCCN=C(N)CCl)C(=O)NCc3ccccc3)ccc2c1.Cl. The number of fused-ring (bicyclic) bond motifs is 1. The minimum atomic E-state index is -0.703. The van der Waals surface area contributed by atoms with Gasteiger partial charge in [-0.25, -0.2) is 0 Å². The van der Waals surface area contributed by atoms with E-state index in [1.807, 2.05) is 73.6 Å². The monoisotopic (exact) mass is 529 g/mol. The Morgan fingerprint density at radius 1 is 1.03 bits per heavy atom. The quantitative estimate of drug-likeness (QED) is 0.150. The van der Waals surface area contributed by atoms with Crippen molar-refractivity contribution in [3.8, 4) is 0 Å². The second kappa shape index (κ2) is 14.3. The Morgan fingerprint density at radius 3 is 2.42 bits per heavy atom. The second-order valence-corrected chi connectivity index (χ2v) is 8.79. The fraction of sp³-hybridized carbons (Fsp3) is 0.296. The molecular weight excluding hydrogens is 497 g/mol. The van der Waals surface area contributed by atoms with E-state index in [0.29, 0.717) is 37.3 Å². The number of amidine groups is 1. The van der Waals surface area contributed by atoms with Gasteiger partial charge in [-0.3, -0.25) is 14.6 Å². The minimum absolute atomic E-state index is 0. The summed E-state index contributed by atoms with van der Waals surface area (Å²) in [7, 11) is 3.97. The van der Waals surface area contributed by atoms with Gasteiger partial charge >= 0.3 is 0 Å². The number of alkyl halides is 1. The van der Waals surface area contributed by atoms with Gasteiger partial charge in [0, 0.05) is 38.4 Å². The molecule has 0 spiro atoms. The number of aliphatic imine (C=N–C) groups is 1. The average molecular weight is 531 g/mol. The summed E-state index contributed by atoms with van der Waals surface area (Å²) in [5.41, 5.74) is 8.23. The van der Waals surface area contributed by atoms with Gasteiger partial charge in [-0.1, -0.05) is 42.5 Å². The molecule has 1 atom stereocenters. The Kier molecular flexibility index (Phi) is 11.5. The predicted molar refractivity (Wildman–Crippen MR) is 152 cm³/mol. The number of hydrogen-bond donors (Lipinski definition) is 3. The number of carbonyl (C=O) groups is 2. The summed E-state index contributed by atoms with van der Waals surface area (Å²) >= 11 is 5.67. The summed E-state index contributed by atoms with van der Waals surface area (Å²) in [4.78, 5) is 32.2. The van der Waals surface area contributed by atoms with Crippen molar-refractivity contribution in [3.63, 3.8) is 0 Å². The van der Waals surface area contributed by atoms with Crippen LogP contribution in [0.4, 0.5) is 5.69 Å². The lowest BCUT2D eigenvalue weighted by Gasteiger charge is -2.19. The largest absolute Gasteiger partial charge is 0.386 e. The van der Waals surface area contributed by atoms with Crippen LogP contribution in [0.2, 0.25) is 0 Å². The predicted octanol–water partition coefficient (Wildman–Crippen LogP) is 4.12. The van der Waals surface area contributed by atoms with E-state index in [4.69, 9.17) is 17.3 Å². The maximum Gasteiger partial charge on any atom is 0.251 e. The van der Waals surface area contributed by atoms with Crippen LogP contribution < -0.4 is 21.3 Å². The van der Waals surface area contributed by atoms with Crippen LogP contribution in [-0.4, -0.2) is 50.2 Å². The summed E-state index contributed by atoms with van der Waals surface area (Å²) in [6, 6.07) is 20.6. The Labute approximate surface area is 223 Å². The second-order valence-electron chi connectivity index (χ2n) is 8.52. The normalized spacial score (nSPS) is 11.9. The van der Waals surface area contributed by atoms with Crippen molar-refractivity contribution in [2.75, 3.05) is 31.4 Å². The lowest BCUT2D eigenvalue weighted by atomic mass is 10.0. The number of carbonyl (C=O) groups excluding carboxylic acids is 2. The van der Waals surface area contributed by atoms with Crippen LogP contribution in [0.15, 0.2) is 71.7 Å². The molecule has 0 aliphatic rings. The number of anilines is 1. The van der Waals surface area contributed by atoms with Crippen LogP contribution in [0.3, 0.4) is 0 Å². The van der Waals surface area contributed by atoms with Crippen LogP contribution in [0, 0.1) is 0 Å². The van der Waals surface area contributed by atoms with Gasteiger partial charge in [0.15, 0.2) is 0 Å². The van der Waals surface area contributed by atoms with Gasteiger partial charge in [0.2, 0.25) is 5.91 Å². The van der Waals surface area contributed by atoms with Crippen LogP contribution in [-0.2, 0) is 11.3 Å². The molecule has 0 aromatic heterocycles. The molecule has 0 fully saturated rings. The van der Waals surface area contributed by atoms with Crippen LogP contribution in [0.5, 0.6) is 0 Å². The molecule has 0 saturated carbocycles. The third kappa shape index (κ3) is 8.43. The maximum absolute atomic E-state index is 13.1. The van der Waals surface area contributed by atoms with Crippen molar-refractivity contribution >= 4 is 58.1 Å². The van der Waals surface area contributed by atoms with Crippen molar-refractivity contribution in [1.29, 1.82) is 0 Å². The molecule has 0 heterocycles. The molecule has 3 rings (SSSR count). The summed E-state index contributed by atoms with van der Waals surface area (Å²) < 4.78 is 0. The topological polar surface area (TPSA) is 99.8 Å². The molecular formula is C27H33Cl2N5O2. The lowest BCUT2D eigenvalue weighted by Crippen LogP contribution is -2.46. The lowest BCUT2D eigenvalue weighted by molar-refractivity contribution is -0.123. The number of nitrogens with zero attached hydrogens (tertiary/aromatic N) is 2. The van der Waals surface area contributed by atoms with Gasteiger partial charge in [0.25, 0.3) is 5.91 Å². The Morgan fingerprint density at radius 2 is 1.72 bits per heavy atom. The van der Waals surface area contributed by atoms with E-state index < -0.39 is 6.04 Å². The van der Waals surface area contributed by atoms with E-state index in [9.17, 15) is 9.59 Å². The van der Waals surface area contributed by atoms with Crippen molar-refractivity contribution in [1.82, 2.24) is 10.6 Å². The molecule has 0 saturated heterocycles. The van der Waals surface area contributed by atoms with Crippen molar-refractivity contribution in [2.45, 2.75) is 25.4 Å². The zero-order valence-corrected chi connectivity index (χ0v) is 22.1. The van der Waals surface area contributed by atoms with E-state index in [2.05, 4.69) is 21.7 Å². The first-order valence-corrected chi connectivity index (χ1v) is 12.1. The number of hydrogen-bond acceptors (Lipinski definition) is 4. The summed E-state index contributed by atoms with van der Waals surface area (Å²) in [5.74, 6) is -0.0232. The molecule has 0 aliphatic heterocycles. The first-order chi connectivity index (χ1) is 16.9. The molecule has 4 N–H and O–H groups in total. The highest BCUT2D eigenvalue weighted by molar-refractivity contribution is 6.27. The molecule has 2 amide bonds. The molecule has 3 aromatic rings. The highest BCUT2D eigenvalue weighted by Gasteiger charge is 2.21. The van der Waals surface area contributed by atoms with E-state index in [-0.39, 0.29) is 30.1 Å². The van der Waals surface area contributed by atoms with Gasteiger partial charge in [0.05, 0.1) is 5.88 Å². The van der Waals surface area contributed by atoms with Crippen molar-refractivity contribution < 1.29 is 9.59 Å². The first kappa shape index (κ1) is 28.9. The number of nitrogens with one attached hydrogen (secondary N) is 2. The molecule has 0 aliphatic carbocycles. The van der Waals surface area contributed by atoms with E-state index in [1.54, 1.807) is 6.07 Å². The molecule has 0 radical (unpaired) electrons. The standard InChI is InChI=1S/C27H32ClN5O2.ClH/c1-33(2)23-13-12-20-15-22(11-10-21(20)16-23)26(34)32-24(9-6-14-30-25(29)17-28)27(35)31-18-19-7-4-3-5-8-19;/h3-5,7-8,10-13,15-16,24H,6,9,14,17-18H2,1-2H3,(H2,29,30)(H,31,35)(H,32,34);1H/t24-;/m0./s1. The van der Waals surface area contributed by atoms with Gasteiger partial charge < -0.3 is 21.3 Å². The van der Waals surface area contributed by atoms with Gasteiger partial charge in [-0.15, -0.1) is 24.0 Å². The highest BCUT2D eigenvalue weighted by Crippen LogP contribution is 2.22. The molecule has 9 heteroatoms. The van der Waals surface area contributed by atoms with Crippen LogP contribution >= 0.6 is 24.0 Å². The number of amides is 2. The Balaban J connectivity index is 0.00000456. The highest BCUT2D eigenvalue weighted by atomic mass is 35.5. The van der Waals surface area contributed by atoms with Gasteiger partial charge in [-0.2, -0.15) is 0 Å². The summed E-state index contributed by atoms with van der Waals surface area (Å²) in [6.45, 7) is 0.814. The van der Waals surface area contributed by atoms with Crippen LogP contribution in [0.1, 0.15) is 28.8 Å². The zero-order chi connectivity index (χ0) is 25.2. The number of benzene rings is 3. The smallest absolute Gasteiger partial charge is 0.251 e.